The fourth-order valence-electron chi connectivity index (χ4n) is 2.77. The molecule has 0 N–H and O–H groups in total. The van der Waals surface area contributed by atoms with E-state index in [0.717, 1.165) is 23.1 Å². The average Bonchev–Trinajstić information content (AvgIpc) is 2.74. The molecule has 110 valence electrons. The predicted molar refractivity (Wildman–Crippen MR) is 94.4 cm³/mol. The van der Waals surface area contributed by atoms with Crippen LogP contribution in [0.3, 0.4) is 0 Å². The van der Waals surface area contributed by atoms with Gasteiger partial charge in [0.05, 0.1) is 0 Å². The zero-order valence-electron chi connectivity index (χ0n) is 12.2. The summed E-state index contributed by atoms with van der Waals surface area (Å²) in [6, 6.07) is 15.1. The minimum Gasteiger partial charge on any atom is -0.487 e. The monoisotopic (exact) mass is 408 g/mol. The molecule has 0 saturated heterocycles. The first-order valence-corrected chi connectivity index (χ1v) is 8.84. The van der Waals surface area contributed by atoms with Crippen LogP contribution in [0.4, 0.5) is 0 Å². The second-order valence-electron chi connectivity index (χ2n) is 6.20. The number of hydrogen-bond donors (Lipinski definition) is 0. The van der Waals surface area contributed by atoms with E-state index in [1.807, 2.05) is 0 Å². The molecule has 3 heteroatoms. The number of ether oxygens (including phenoxy) is 1. The second kappa shape index (κ2) is 5.77. The van der Waals surface area contributed by atoms with Gasteiger partial charge in [0.1, 0.15) is 11.4 Å². The number of halogens is 2. The summed E-state index contributed by atoms with van der Waals surface area (Å²) in [5.74, 6) is 1.03. The molecule has 0 saturated carbocycles. The van der Waals surface area contributed by atoms with Crippen molar-refractivity contribution < 1.29 is 4.74 Å². The van der Waals surface area contributed by atoms with Crippen molar-refractivity contribution in [1.82, 2.24) is 0 Å². The van der Waals surface area contributed by atoms with Gasteiger partial charge in [-0.3, -0.25) is 0 Å². The van der Waals surface area contributed by atoms with Crippen LogP contribution in [-0.2, 0) is 12.8 Å². The molecule has 3 rings (SSSR count). The molecule has 0 aromatic heterocycles. The lowest BCUT2D eigenvalue weighted by Gasteiger charge is -2.16. The summed E-state index contributed by atoms with van der Waals surface area (Å²) in [4.78, 5) is 0.327. The molecule has 1 nitrogen and oxygen atoms in total. The normalized spacial score (nSPS) is 17.1. The third kappa shape index (κ3) is 3.51. The van der Waals surface area contributed by atoms with Crippen molar-refractivity contribution in [3.8, 4) is 5.75 Å². The van der Waals surface area contributed by atoms with Gasteiger partial charge in [0, 0.05) is 15.7 Å². The first kappa shape index (κ1) is 15.1. The highest BCUT2D eigenvalue weighted by Crippen LogP contribution is 2.38. The number of hydrogen-bond acceptors (Lipinski definition) is 1. The van der Waals surface area contributed by atoms with Crippen molar-refractivity contribution in [1.29, 1.82) is 0 Å². The van der Waals surface area contributed by atoms with Crippen LogP contribution >= 0.6 is 31.9 Å². The first-order chi connectivity index (χ1) is 9.93. The number of rotatable bonds is 3. The fourth-order valence-corrected chi connectivity index (χ4v) is 3.69. The first-order valence-electron chi connectivity index (χ1n) is 7.13. The van der Waals surface area contributed by atoms with Gasteiger partial charge in [-0.1, -0.05) is 56.1 Å². The maximum absolute atomic E-state index is 5.94. The van der Waals surface area contributed by atoms with E-state index < -0.39 is 0 Å². The van der Waals surface area contributed by atoms with Gasteiger partial charge >= 0.3 is 0 Å². The summed E-state index contributed by atoms with van der Waals surface area (Å²) >= 11 is 7.30. The molecule has 0 radical (unpaired) electrons. The second-order valence-corrected chi connectivity index (χ2v) is 8.22. The van der Waals surface area contributed by atoms with Gasteiger partial charge in [-0.25, -0.2) is 0 Å². The third-order valence-electron chi connectivity index (χ3n) is 3.78. The Morgan fingerprint density at radius 2 is 1.86 bits per heavy atom. The Morgan fingerprint density at radius 1 is 1.14 bits per heavy atom. The van der Waals surface area contributed by atoms with Crippen LogP contribution in [0.15, 0.2) is 46.9 Å². The van der Waals surface area contributed by atoms with Gasteiger partial charge in [-0.2, -0.15) is 0 Å². The van der Waals surface area contributed by atoms with Crippen molar-refractivity contribution in [3.05, 3.63) is 63.6 Å². The van der Waals surface area contributed by atoms with Crippen LogP contribution in [0.1, 0.15) is 35.4 Å². The fraction of sp³-hybridized carbons (Fsp3) is 0.333. The minimum absolute atomic E-state index is 0.0749. The summed E-state index contributed by atoms with van der Waals surface area (Å²) in [6.07, 6.45) is 1.96. The zero-order chi connectivity index (χ0) is 15.0. The van der Waals surface area contributed by atoms with Crippen LogP contribution in [0.25, 0.3) is 0 Å². The van der Waals surface area contributed by atoms with Gasteiger partial charge in [-0.15, -0.1) is 0 Å². The molecule has 0 spiro atoms. The Kier molecular flexibility index (Phi) is 4.15. The maximum Gasteiger partial charge on any atom is 0.123 e. The molecule has 0 bridgehead atoms. The summed E-state index contributed by atoms with van der Waals surface area (Å²) in [5.41, 5.74) is 3.89. The standard InChI is InChI=1S/C18H18Br2O/c1-18(2)11-14-10-13(5-8-17(14)21-18)16(20)9-12-3-6-15(19)7-4-12/h3-8,10,16H,9,11H2,1-2H3. The molecule has 0 amide bonds. The van der Waals surface area contributed by atoms with Gasteiger partial charge in [-0.05, 0) is 55.2 Å². The molecule has 1 atom stereocenters. The molecule has 0 aliphatic carbocycles. The minimum atomic E-state index is -0.0749. The molecular formula is C18H18Br2O. The zero-order valence-corrected chi connectivity index (χ0v) is 15.4. The Balaban J connectivity index is 1.77. The van der Waals surface area contributed by atoms with Crippen LogP contribution in [0.2, 0.25) is 0 Å². The highest BCUT2D eigenvalue weighted by molar-refractivity contribution is 9.10. The predicted octanol–water partition coefficient (Wildman–Crippen LogP) is 5.84. The summed E-state index contributed by atoms with van der Waals surface area (Å²) in [6.45, 7) is 4.28. The molecule has 1 aliphatic heterocycles. The van der Waals surface area contributed by atoms with E-state index in [9.17, 15) is 0 Å². The lowest BCUT2D eigenvalue weighted by atomic mass is 9.98. The molecule has 0 fully saturated rings. The largest absolute Gasteiger partial charge is 0.487 e. The van der Waals surface area contributed by atoms with E-state index in [1.54, 1.807) is 0 Å². The lowest BCUT2D eigenvalue weighted by molar-refractivity contribution is 0.138. The number of benzene rings is 2. The highest BCUT2D eigenvalue weighted by Gasteiger charge is 2.30. The van der Waals surface area contributed by atoms with E-state index in [4.69, 9.17) is 4.74 Å². The van der Waals surface area contributed by atoms with E-state index >= 15 is 0 Å². The summed E-state index contributed by atoms with van der Waals surface area (Å²) in [7, 11) is 0. The summed E-state index contributed by atoms with van der Waals surface area (Å²) in [5, 5.41) is 0. The van der Waals surface area contributed by atoms with Gasteiger partial charge in [0.2, 0.25) is 0 Å². The topological polar surface area (TPSA) is 9.23 Å². The quantitative estimate of drug-likeness (QED) is 0.578. The molecular weight excluding hydrogens is 392 g/mol. The number of alkyl halides is 1. The molecule has 2 aromatic carbocycles. The third-order valence-corrected chi connectivity index (χ3v) is 5.16. The molecule has 1 heterocycles. The molecule has 1 unspecified atom stereocenters. The van der Waals surface area contributed by atoms with E-state index in [0.29, 0.717) is 4.83 Å². The van der Waals surface area contributed by atoms with E-state index in [2.05, 4.69) is 88.2 Å². The van der Waals surface area contributed by atoms with Crippen LogP contribution in [-0.4, -0.2) is 5.60 Å². The lowest BCUT2D eigenvalue weighted by Crippen LogP contribution is -2.24. The van der Waals surface area contributed by atoms with Crippen LogP contribution in [0.5, 0.6) is 5.75 Å². The van der Waals surface area contributed by atoms with Crippen molar-refractivity contribution in [2.24, 2.45) is 0 Å². The Bertz CT molecular complexity index is 647. The van der Waals surface area contributed by atoms with Gasteiger partial charge < -0.3 is 4.74 Å². The smallest absolute Gasteiger partial charge is 0.123 e. The molecule has 1 aliphatic rings. The van der Waals surface area contributed by atoms with Crippen molar-refractivity contribution in [2.45, 2.75) is 37.1 Å². The average molecular weight is 410 g/mol. The van der Waals surface area contributed by atoms with Crippen LogP contribution < -0.4 is 4.74 Å². The van der Waals surface area contributed by atoms with Gasteiger partial charge in [0.25, 0.3) is 0 Å². The molecule has 21 heavy (non-hydrogen) atoms. The Morgan fingerprint density at radius 3 is 2.57 bits per heavy atom. The van der Waals surface area contributed by atoms with Crippen molar-refractivity contribution in [3.63, 3.8) is 0 Å². The SMILES string of the molecule is CC1(C)Cc2cc(C(Br)Cc3ccc(Br)cc3)ccc2O1. The van der Waals surface area contributed by atoms with Crippen molar-refractivity contribution >= 4 is 31.9 Å². The Hall–Kier alpha value is -0.800. The van der Waals surface area contributed by atoms with Crippen molar-refractivity contribution in [2.75, 3.05) is 0 Å². The number of fused-ring (bicyclic) bond motifs is 1. The van der Waals surface area contributed by atoms with Crippen LogP contribution in [0, 0.1) is 0 Å². The Labute approximate surface area is 143 Å². The molecule has 2 aromatic rings. The highest BCUT2D eigenvalue weighted by atomic mass is 79.9. The van der Waals surface area contributed by atoms with E-state index in [1.165, 1.54) is 16.7 Å². The van der Waals surface area contributed by atoms with Gasteiger partial charge in [0.15, 0.2) is 0 Å². The van der Waals surface area contributed by atoms with E-state index in [-0.39, 0.29) is 5.60 Å². The maximum atomic E-state index is 5.94. The summed E-state index contributed by atoms with van der Waals surface area (Å²) < 4.78 is 7.06.